The maximum Gasteiger partial charge on any atom is 0.292 e. The number of carbonyl (C=O) groups excluding carboxylic acids is 2. The van der Waals surface area contributed by atoms with Crippen LogP contribution < -0.4 is 10.6 Å². The summed E-state index contributed by atoms with van der Waals surface area (Å²) < 4.78 is 37.3. The molecule has 8 nitrogen and oxygen atoms in total. The Hall–Kier alpha value is -2.47. The molecule has 0 saturated heterocycles. The highest BCUT2D eigenvalue weighted by Crippen LogP contribution is 2.38. The predicted octanol–water partition coefficient (Wildman–Crippen LogP) is 5.22. The number of amides is 2. The molecule has 1 aliphatic rings. The molecule has 11 heteroatoms. The highest BCUT2D eigenvalue weighted by atomic mass is 79.9. The first-order valence-corrected chi connectivity index (χ1v) is 14.8. The first-order valence-electron chi connectivity index (χ1n) is 11.7. The van der Waals surface area contributed by atoms with Crippen molar-refractivity contribution in [2.24, 2.45) is 0 Å². The smallest absolute Gasteiger partial charge is 0.292 e. The van der Waals surface area contributed by atoms with Crippen LogP contribution in [0.4, 0.5) is 5.00 Å². The van der Waals surface area contributed by atoms with Crippen molar-refractivity contribution in [2.45, 2.75) is 49.0 Å². The van der Waals surface area contributed by atoms with E-state index in [1.54, 1.807) is 12.1 Å². The molecule has 0 fully saturated rings. The van der Waals surface area contributed by atoms with Crippen LogP contribution in [0, 0.1) is 0 Å². The van der Waals surface area contributed by atoms with Gasteiger partial charge in [0, 0.05) is 29.1 Å². The second kappa shape index (κ2) is 11.7. The minimum Gasteiger partial charge on any atom is -0.439 e. The van der Waals surface area contributed by atoms with Crippen LogP contribution in [-0.4, -0.2) is 40.0 Å². The van der Waals surface area contributed by atoms with E-state index in [0.717, 1.165) is 40.6 Å². The lowest BCUT2D eigenvalue weighted by atomic mass is 9.95. The quantitative estimate of drug-likeness (QED) is 0.311. The van der Waals surface area contributed by atoms with E-state index in [9.17, 15) is 18.0 Å². The largest absolute Gasteiger partial charge is 0.439 e. The standard InChI is InChI=1S/C25H27BrN2O6S2/c1-2-33-15-5-14-27-24(30)22-18-6-3-4-7-20(18)35-25(22)28-23(29)19-12-13-21(34-19)36(31,32)17-10-8-16(26)9-11-17/h8-13H,2-7,14-15H2,1H3,(H,27,30)(H,28,29). The summed E-state index contributed by atoms with van der Waals surface area (Å²) in [6.45, 7) is 3.57. The fraction of sp³-hybridized carbons (Fsp3) is 0.360. The van der Waals surface area contributed by atoms with Crippen LogP contribution in [0.2, 0.25) is 0 Å². The molecule has 3 aromatic rings. The third kappa shape index (κ3) is 5.91. The predicted molar refractivity (Wildman–Crippen MR) is 141 cm³/mol. The molecule has 1 aliphatic carbocycles. The number of aryl methyl sites for hydroxylation is 1. The number of thiophene rings is 1. The van der Waals surface area contributed by atoms with Crippen molar-refractivity contribution in [3.63, 3.8) is 0 Å². The zero-order chi connectivity index (χ0) is 25.7. The minimum absolute atomic E-state index is 0.0567. The molecule has 2 amide bonds. The Morgan fingerprint density at radius 3 is 2.58 bits per heavy atom. The summed E-state index contributed by atoms with van der Waals surface area (Å²) in [5, 5.41) is 5.83. The number of ether oxygens (including phenoxy) is 1. The number of furan rings is 1. The SMILES string of the molecule is CCOCCCNC(=O)c1c(NC(=O)c2ccc(S(=O)(=O)c3ccc(Br)cc3)o2)sc2c1CCCC2. The van der Waals surface area contributed by atoms with E-state index in [1.165, 1.54) is 35.6 Å². The second-order valence-electron chi connectivity index (χ2n) is 8.25. The lowest BCUT2D eigenvalue weighted by Gasteiger charge is -2.13. The third-order valence-corrected chi connectivity index (χ3v) is 9.15. The summed E-state index contributed by atoms with van der Waals surface area (Å²) in [6.07, 6.45) is 4.34. The van der Waals surface area contributed by atoms with Gasteiger partial charge in [-0.1, -0.05) is 15.9 Å². The average Bonchev–Trinajstić information content (AvgIpc) is 3.50. The van der Waals surface area contributed by atoms with E-state index in [0.29, 0.717) is 36.7 Å². The van der Waals surface area contributed by atoms with Crippen LogP contribution in [0.3, 0.4) is 0 Å². The lowest BCUT2D eigenvalue weighted by Crippen LogP contribution is -2.27. The number of anilines is 1. The summed E-state index contributed by atoms with van der Waals surface area (Å²) in [6, 6.07) is 8.73. The van der Waals surface area contributed by atoms with Gasteiger partial charge >= 0.3 is 0 Å². The van der Waals surface area contributed by atoms with Gasteiger partial charge in [0.25, 0.3) is 11.8 Å². The number of hydrogen-bond acceptors (Lipinski definition) is 7. The summed E-state index contributed by atoms with van der Waals surface area (Å²) in [4.78, 5) is 27.2. The van der Waals surface area contributed by atoms with Crippen molar-refractivity contribution >= 4 is 53.9 Å². The van der Waals surface area contributed by atoms with Crippen LogP contribution in [-0.2, 0) is 27.4 Å². The first kappa shape index (κ1) is 26.6. The zero-order valence-corrected chi connectivity index (χ0v) is 23.0. The number of sulfone groups is 1. The van der Waals surface area contributed by atoms with Gasteiger partial charge in [-0.2, -0.15) is 0 Å². The van der Waals surface area contributed by atoms with E-state index < -0.39 is 15.7 Å². The number of hydrogen-bond donors (Lipinski definition) is 2. The van der Waals surface area contributed by atoms with Gasteiger partial charge < -0.3 is 19.8 Å². The number of carbonyl (C=O) groups is 2. The zero-order valence-electron chi connectivity index (χ0n) is 19.8. The van der Waals surface area contributed by atoms with Crippen molar-refractivity contribution in [3.05, 3.63) is 62.6 Å². The summed E-state index contributed by atoms with van der Waals surface area (Å²) in [7, 11) is -3.92. The number of fused-ring (bicyclic) bond motifs is 1. The van der Waals surface area contributed by atoms with Crippen LogP contribution in [0.25, 0.3) is 0 Å². The van der Waals surface area contributed by atoms with Gasteiger partial charge in [-0.05, 0) is 81.0 Å². The number of halogens is 1. The molecule has 1 aromatic carbocycles. The van der Waals surface area contributed by atoms with Crippen LogP contribution in [0.1, 0.15) is 57.5 Å². The normalized spacial score (nSPS) is 13.3. The van der Waals surface area contributed by atoms with Gasteiger partial charge in [-0.25, -0.2) is 8.42 Å². The Labute approximate surface area is 222 Å². The highest BCUT2D eigenvalue weighted by Gasteiger charge is 2.28. The molecule has 0 bridgehead atoms. The average molecular weight is 596 g/mol. The van der Waals surface area contributed by atoms with Gasteiger partial charge in [-0.3, -0.25) is 9.59 Å². The Kier molecular flexibility index (Phi) is 8.66. The lowest BCUT2D eigenvalue weighted by molar-refractivity contribution is 0.0944. The maximum atomic E-state index is 13.1. The Morgan fingerprint density at radius 1 is 1.08 bits per heavy atom. The molecule has 2 N–H and O–H groups in total. The van der Waals surface area contributed by atoms with Crippen LogP contribution in [0.5, 0.6) is 0 Å². The fourth-order valence-electron chi connectivity index (χ4n) is 3.98. The van der Waals surface area contributed by atoms with E-state index in [4.69, 9.17) is 9.15 Å². The van der Waals surface area contributed by atoms with Gasteiger partial charge in [-0.15, -0.1) is 11.3 Å². The van der Waals surface area contributed by atoms with Gasteiger partial charge in [0.15, 0.2) is 5.76 Å². The number of nitrogens with one attached hydrogen (secondary N) is 2. The van der Waals surface area contributed by atoms with E-state index in [1.807, 2.05) is 6.92 Å². The van der Waals surface area contributed by atoms with E-state index in [2.05, 4.69) is 26.6 Å². The van der Waals surface area contributed by atoms with Crippen LogP contribution >= 0.6 is 27.3 Å². The second-order valence-corrected chi connectivity index (χ2v) is 12.2. The molecule has 0 aliphatic heterocycles. The van der Waals surface area contributed by atoms with Crippen molar-refractivity contribution in [1.29, 1.82) is 0 Å². The molecule has 0 atom stereocenters. The van der Waals surface area contributed by atoms with Crippen molar-refractivity contribution in [2.75, 3.05) is 25.1 Å². The van der Waals surface area contributed by atoms with E-state index in [-0.39, 0.29) is 21.7 Å². The third-order valence-electron chi connectivity index (χ3n) is 5.77. The Morgan fingerprint density at radius 2 is 1.83 bits per heavy atom. The molecule has 192 valence electrons. The van der Waals surface area contributed by atoms with Crippen LogP contribution in [0.15, 0.2) is 55.3 Å². The Balaban J connectivity index is 1.53. The number of rotatable bonds is 10. The van der Waals surface area contributed by atoms with Gasteiger partial charge in [0.1, 0.15) is 5.00 Å². The molecule has 0 radical (unpaired) electrons. The molecule has 0 saturated carbocycles. The molecule has 0 unspecified atom stereocenters. The maximum absolute atomic E-state index is 13.1. The summed E-state index contributed by atoms with van der Waals surface area (Å²) in [5.41, 5.74) is 1.45. The molecule has 2 aromatic heterocycles. The van der Waals surface area contributed by atoms with Crippen molar-refractivity contribution in [1.82, 2.24) is 5.32 Å². The topological polar surface area (TPSA) is 115 Å². The van der Waals surface area contributed by atoms with Gasteiger partial charge in [0.05, 0.1) is 10.5 Å². The molecular weight excluding hydrogens is 568 g/mol. The van der Waals surface area contributed by atoms with Crippen molar-refractivity contribution < 1.29 is 27.2 Å². The molecular formula is C25H27BrN2O6S2. The van der Waals surface area contributed by atoms with Gasteiger partial charge in [0.2, 0.25) is 14.9 Å². The molecule has 4 rings (SSSR count). The summed E-state index contributed by atoms with van der Waals surface area (Å²) in [5.74, 6) is -1.00. The van der Waals surface area contributed by atoms with Crippen molar-refractivity contribution in [3.8, 4) is 0 Å². The minimum atomic E-state index is -3.92. The molecule has 0 spiro atoms. The van der Waals surface area contributed by atoms with E-state index >= 15 is 0 Å². The first-order chi connectivity index (χ1) is 17.3. The number of benzene rings is 1. The molecule has 36 heavy (non-hydrogen) atoms. The summed E-state index contributed by atoms with van der Waals surface area (Å²) >= 11 is 4.67. The highest BCUT2D eigenvalue weighted by molar-refractivity contribution is 9.10. The monoisotopic (exact) mass is 594 g/mol. The molecule has 2 heterocycles. The Bertz CT molecular complexity index is 1350. The fourth-order valence-corrected chi connectivity index (χ4v) is 6.70.